The molecule has 3 N–H and O–H groups in total. The number of amides is 4. The summed E-state index contributed by atoms with van der Waals surface area (Å²) in [4.78, 5) is 50.0. The van der Waals surface area contributed by atoms with Crippen LogP contribution in [0.15, 0.2) is 4.99 Å². The van der Waals surface area contributed by atoms with Gasteiger partial charge in [0, 0.05) is 13.0 Å². The Balaban J connectivity index is 1.81. The van der Waals surface area contributed by atoms with Gasteiger partial charge in [0.05, 0.1) is 5.75 Å². The van der Waals surface area contributed by atoms with E-state index < -0.39 is 23.8 Å². The van der Waals surface area contributed by atoms with Crippen LogP contribution in [-0.2, 0) is 19.2 Å². The van der Waals surface area contributed by atoms with Crippen LogP contribution in [0.4, 0.5) is 0 Å². The molecule has 1 aliphatic carbocycles. The number of thioether (sulfide) groups is 1. The standard InChI is InChI=1S/C14H20N4O4S/c1-8(19)15-11-12(21)17-14(18-13(11)22)23-7-10(20)16-9-5-3-2-4-6-9/h9,11H,2-7H2,1H3,(H,15,19)(H,16,20)(H,17,18,21,22). The lowest BCUT2D eigenvalue weighted by molar-refractivity contribution is -0.134. The summed E-state index contributed by atoms with van der Waals surface area (Å²) in [6.45, 7) is 1.21. The lowest BCUT2D eigenvalue weighted by atomic mass is 9.95. The molecule has 4 amide bonds. The van der Waals surface area contributed by atoms with E-state index in [1.54, 1.807) is 0 Å². The first-order valence-corrected chi connectivity index (χ1v) is 8.57. The molecular weight excluding hydrogens is 320 g/mol. The minimum absolute atomic E-state index is 0.0771. The minimum atomic E-state index is -1.30. The van der Waals surface area contributed by atoms with Crippen LogP contribution < -0.4 is 16.0 Å². The SMILES string of the molecule is CC(=O)NC1C(=O)N=C(SCC(=O)NC2CCCCC2)NC1=O. The number of amidine groups is 1. The molecule has 0 bridgehead atoms. The number of hydrogen-bond acceptors (Lipinski definition) is 5. The lowest BCUT2D eigenvalue weighted by Crippen LogP contribution is -2.55. The Morgan fingerprint density at radius 2 is 1.91 bits per heavy atom. The van der Waals surface area contributed by atoms with Crippen molar-refractivity contribution in [2.75, 3.05) is 5.75 Å². The molecule has 2 aliphatic rings. The van der Waals surface area contributed by atoms with Crippen LogP contribution in [-0.4, -0.2) is 46.6 Å². The fourth-order valence-corrected chi connectivity index (χ4v) is 3.21. The summed E-state index contributed by atoms with van der Waals surface area (Å²) < 4.78 is 0. The number of carbonyl (C=O) groups excluding carboxylic acids is 4. The van der Waals surface area contributed by atoms with Crippen molar-refractivity contribution < 1.29 is 19.2 Å². The maximum absolute atomic E-state index is 11.9. The number of nitrogens with zero attached hydrogens (tertiary/aromatic N) is 1. The Kier molecular flexibility index (Phi) is 6.14. The maximum Gasteiger partial charge on any atom is 0.280 e. The van der Waals surface area contributed by atoms with Crippen molar-refractivity contribution in [2.45, 2.75) is 51.1 Å². The highest BCUT2D eigenvalue weighted by molar-refractivity contribution is 8.14. The third-order valence-electron chi connectivity index (χ3n) is 3.61. The highest BCUT2D eigenvalue weighted by Gasteiger charge is 2.32. The zero-order valence-electron chi connectivity index (χ0n) is 12.9. The van der Waals surface area contributed by atoms with Crippen LogP contribution in [0.5, 0.6) is 0 Å². The van der Waals surface area contributed by atoms with Gasteiger partial charge in [0.2, 0.25) is 11.8 Å². The van der Waals surface area contributed by atoms with Crippen LogP contribution >= 0.6 is 11.8 Å². The predicted molar refractivity (Wildman–Crippen MR) is 85.7 cm³/mol. The van der Waals surface area contributed by atoms with Crippen molar-refractivity contribution in [3.63, 3.8) is 0 Å². The average Bonchev–Trinajstić information content (AvgIpc) is 2.50. The van der Waals surface area contributed by atoms with Crippen molar-refractivity contribution in [3.8, 4) is 0 Å². The molecule has 9 heteroatoms. The molecule has 1 fully saturated rings. The topological polar surface area (TPSA) is 117 Å². The van der Waals surface area contributed by atoms with E-state index in [0.29, 0.717) is 0 Å². The van der Waals surface area contributed by atoms with Crippen LogP contribution in [0.2, 0.25) is 0 Å². The summed E-state index contributed by atoms with van der Waals surface area (Å²) in [5.41, 5.74) is 0. The van der Waals surface area contributed by atoms with E-state index in [4.69, 9.17) is 0 Å². The zero-order chi connectivity index (χ0) is 16.8. The van der Waals surface area contributed by atoms with E-state index in [2.05, 4.69) is 20.9 Å². The quantitative estimate of drug-likeness (QED) is 0.607. The molecular formula is C14H20N4O4S. The summed E-state index contributed by atoms with van der Waals surface area (Å²) in [6, 6.07) is -1.08. The van der Waals surface area contributed by atoms with Gasteiger partial charge >= 0.3 is 0 Å². The summed E-state index contributed by atoms with van der Waals surface area (Å²) in [5.74, 6) is -1.94. The van der Waals surface area contributed by atoms with E-state index >= 15 is 0 Å². The highest BCUT2D eigenvalue weighted by Crippen LogP contribution is 2.17. The molecule has 1 saturated carbocycles. The monoisotopic (exact) mass is 340 g/mol. The second-order valence-electron chi connectivity index (χ2n) is 5.57. The Bertz CT molecular complexity index is 543. The molecule has 0 radical (unpaired) electrons. The molecule has 0 aromatic carbocycles. The average molecular weight is 340 g/mol. The summed E-state index contributed by atoms with van der Waals surface area (Å²) in [7, 11) is 0. The van der Waals surface area contributed by atoms with Gasteiger partial charge in [-0.25, -0.2) is 0 Å². The molecule has 2 rings (SSSR count). The van der Waals surface area contributed by atoms with Gasteiger partial charge in [-0.05, 0) is 12.8 Å². The smallest absolute Gasteiger partial charge is 0.280 e. The van der Waals surface area contributed by atoms with Crippen molar-refractivity contribution in [1.29, 1.82) is 0 Å². The first-order valence-electron chi connectivity index (χ1n) is 7.58. The fraction of sp³-hybridized carbons (Fsp3) is 0.643. The fourth-order valence-electron chi connectivity index (χ4n) is 2.53. The Labute approximate surface area is 138 Å². The molecule has 1 aliphatic heterocycles. The third-order valence-corrected chi connectivity index (χ3v) is 4.48. The second kappa shape index (κ2) is 8.09. The summed E-state index contributed by atoms with van der Waals surface area (Å²) in [6.07, 6.45) is 5.44. The Morgan fingerprint density at radius 1 is 1.22 bits per heavy atom. The molecule has 1 heterocycles. The minimum Gasteiger partial charge on any atom is -0.353 e. The predicted octanol–water partition coefficient (Wildman–Crippen LogP) is -0.314. The number of nitrogens with one attached hydrogen (secondary N) is 3. The van der Waals surface area contributed by atoms with Gasteiger partial charge in [-0.2, -0.15) is 4.99 Å². The van der Waals surface area contributed by atoms with Gasteiger partial charge in [0.15, 0.2) is 11.2 Å². The van der Waals surface area contributed by atoms with Gasteiger partial charge in [-0.15, -0.1) is 0 Å². The van der Waals surface area contributed by atoms with Gasteiger partial charge in [-0.1, -0.05) is 31.0 Å². The van der Waals surface area contributed by atoms with Crippen molar-refractivity contribution >= 4 is 40.6 Å². The first-order chi connectivity index (χ1) is 11.0. The van der Waals surface area contributed by atoms with Crippen LogP contribution in [0.1, 0.15) is 39.0 Å². The molecule has 0 spiro atoms. The van der Waals surface area contributed by atoms with E-state index in [1.807, 2.05) is 0 Å². The molecule has 1 atom stereocenters. The van der Waals surface area contributed by atoms with E-state index in [0.717, 1.165) is 37.4 Å². The second-order valence-corrected chi connectivity index (χ2v) is 6.53. The highest BCUT2D eigenvalue weighted by atomic mass is 32.2. The van der Waals surface area contributed by atoms with Crippen molar-refractivity contribution in [2.24, 2.45) is 4.99 Å². The molecule has 0 saturated heterocycles. The van der Waals surface area contributed by atoms with E-state index in [1.165, 1.54) is 13.3 Å². The molecule has 0 aromatic heterocycles. The lowest BCUT2D eigenvalue weighted by Gasteiger charge is -2.23. The number of hydrogen-bond donors (Lipinski definition) is 3. The van der Waals surface area contributed by atoms with E-state index in [9.17, 15) is 19.2 Å². The third kappa shape index (κ3) is 5.34. The summed E-state index contributed by atoms with van der Waals surface area (Å²) in [5, 5.41) is 7.67. The largest absolute Gasteiger partial charge is 0.353 e. The molecule has 0 aromatic rings. The van der Waals surface area contributed by atoms with Gasteiger partial charge in [0.25, 0.3) is 11.8 Å². The number of carbonyl (C=O) groups is 4. The zero-order valence-corrected chi connectivity index (χ0v) is 13.7. The van der Waals surface area contributed by atoms with Crippen molar-refractivity contribution in [3.05, 3.63) is 0 Å². The van der Waals surface area contributed by atoms with Gasteiger partial charge in [-0.3, -0.25) is 19.2 Å². The number of aliphatic imine (C=N–C) groups is 1. The van der Waals surface area contributed by atoms with Crippen LogP contribution in [0.3, 0.4) is 0 Å². The Morgan fingerprint density at radius 3 is 2.52 bits per heavy atom. The first kappa shape index (κ1) is 17.5. The molecule has 8 nitrogen and oxygen atoms in total. The molecule has 126 valence electrons. The van der Waals surface area contributed by atoms with Crippen LogP contribution in [0.25, 0.3) is 0 Å². The van der Waals surface area contributed by atoms with Gasteiger partial charge in [0.1, 0.15) is 0 Å². The summed E-state index contributed by atoms with van der Waals surface area (Å²) >= 11 is 0.995. The van der Waals surface area contributed by atoms with Crippen LogP contribution in [0, 0.1) is 0 Å². The molecule has 23 heavy (non-hydrogen) atoms. The maximum atomic E-state index is 11.9. The normalized spacial score (nSPS) is 22.1. The van der Waals surface area contributed by atoms with Gasteiger partial charge < -0.3 is 16.0 Å². The van der Waals surface area contributed by atoms with Crippen molar-refractivity contribution in [1.82, 2.24) is 16.0 Å². The van der Waals surface area contributed by atoms with E-state index in [-0.39, 0.29) is 22.9 Å². The molecule has 1 unspecified atom stereocenters. The Hall–Kier alpha value is -1.90. The number of rotatable bonds is 4.